The predicted molar refractivity (Wildman–Crippen MR) is 92.3 cm³/mol. The number of furan rings is 1. The van der Waals surface area contributed by atoms with E-state index in [9.17, 15) is 0 Å². The minimum atomic E-state index is 0.355. The summed E-state index contributed by atoms with van der Waals surface area (Å²) >= 11 is 0. The number of fused-ring (bicyclic) bond motifs is 2. The molecule has 0 spiro atoms. The molecule has 0 bridgehead atoms. The first kappa shape index (κ1) is 13.4. The molecule has 0 aliphatic heterocycles. The third kappa shape index (κ3) is 2.01. The topological polar surface area (TPSA) is 106 Å². The van der Waals surface area contributed by atoms with Gasteiger partial charge in [0.1, 0.15) is 5.52 Å². The maximum atomic E-state index is 6.05. The smallest absolute Gasteiger partial charge is 0.229 e. The van der Waals surface area contributed by atoms with Crippen molar-refractivity contribution >= 4 is 39.5 Å². The van der Waals surface area contributed by atoms with Gasteiger partial charge in [-0.25, -0.2) is 4.98 Å². The zero-order chi connectivity index (χ0) is 16.3. The average Bonchev–Trinajstić information content (AvgIpc) is 3.11. The number of hydrogen-bond donors (Lipinski definition) is 3. The molecule has 7 nitrogen and oxygen atoms in total. The van der Waals surface area contributed by atoms with E-state index >= 15 is 0 Å². The van der Waals surface area contributed by atoms with Crippen LogP contribution in [-0.4, -0.2) is 20.2 Å². The first-order valence-corrected chi connectivity index (χ1v) is 7.94. The molecule has 24 heavy (non-hydrogen) atoms. The molecule has 120 valence electrons. The maximum absolute atomic E-state index is 6.05. The number of nitrogens with one attached hydrogen (secondary N) is 2. The van der Waals surface area contributed by atoms with Crippen LogP contribution >= 0.6 is 0 Å². The van der Waals surface area contributed by atoms with Gasteiger partial charge in [0.05, 0.1) is 18.0 Å². The van der Waals surface area contributed by atoms with Crippen molar-refractivity contribution in [3.63, 3.8) is 0 Å². The third-order valence-corrected chi connectivity index (χ3v) is 4.51. The lowest BCUT2D eigenvalue weighted by atomic mass is 10.1. The zero-order valence-corrected chi connectivity index (χ0v) is 13.1. The van der Waals surface area contributed by atoms with E-state index in [-0.39, 0.29) is 0 Å². The monoisotopic (exact) mass is 320 g/mol. The van der Waals surface area contributed by atoms with E-state index < -0.39 is 0 Å². The minimum Gasteiger partial charge on any atom is -0.458 e. The van der Waals surface area contributed by atoms with Gasteiger partial charge in [0.25, 0.3) is 0 Å². The van der Waals surface area contributed by atoms with Crippen molar-refractivity contribution in [1.29, 1.82) is 0 Å². The number of nitrogens with zero attached hydrogens (tertiary/aromatic N) is 3. The van der Waals surface area contributed by atoms with Crippen LogP contribution in [0.25, 0.3) is 22.0 Å². The van der Waals surface area contributed by atoms with Crippen LogP contribution in [0.5, 0.6) is 0 Å². The van der Waals surface area contributed by atoms with Gasteiger partial charge in [-0.3, -0.25) is 5.10 Å². The number of benzene rings is 1. The molecule has 7 heteroatoms. The van der Waals surface area contributed by atoms with Gasteiger partial charge in [0, 0.05) is 16.6 Å². The van der Waals surface area contributed by atoms with E-state index in [0.29, 0.717) is 23.3 Å². The van der Waals surface area contributed by atoms with Crippen molar-refractivity contribution in [2.45, 2.75) is 25.7 Å². The number of nitrogen functional groups attached to an aromatic ring is 1. The molecule has 0 atom stereocenters. The summed E-state index contributed by atoms with van der Waals surface area (Å²) in [4.78, 5) is 8.95. The first-order valence-electron chi connectivity index (χ1n) is 7.94. The highest BCUT2D eigenvalue weighted by atomic mass is 16.3. The highest BCUT2D eigenvalue weighted by Crippen LogP contribution is 2.44. The van der Waals surface area contributed by atoms with Gasteiger partial charge in [-0.05, 0) is 43.4 Å². The molecule has 5 rings (SSSR count). The molecule has 0 amide bonds. The quantitative estimate of drug-likeness (QED) is 0.532. The lowest BCUT2D eigenvalue weighted by Gasteiger charge is -2.07. The lowest BCUT2D eigenvalue weighted by molar-refractivity contribution is 0.610. The fourth-order valence-corrected chi connectivity index (χ4v) is 3.13. The van der Waals surface area contributed by atoms with Crippen LogP contribution in [0.3, 0.4) is 0 Å². The summed E-state index contributed by atoms with van der Waals surface area (Å²) in [6.07, 6.45) is 5.94. The van der Waals surface area contributed by atoms with Gasteiger partial charge < -0.3 is 15.5 Å². The maximum Gasteiger partial charge on any atom is 0.229 e. The van der Waals surface area contributed by atoms with Gasteiger partial charge >= 0.3 is 0 Å². The number of aromatic amines is 1. The van der Waals surface area contributed by atoms with Gasteiger partial charge in [0.15, 0.2) is 11.4 Å². The number of anilines is 3. The Labute approximate surface area is 137 Å². The molecule has 0 saturated heterocycles. The highest BCUT2D eigenvalue weighted by Gasteiger charge is 2.29. The SMILES string of the molecule is Cc1cc(Nc2nc(N)c3occ(C4CC4)c3n2)cc2[nH]ncc12. The summed E-state index contributed by atoms with van der Waals surface area (Å²) in [6, 6.07) is 4.02. The van der Waals surface area contributed by atoms with Crippen molar-refractivity contribution in [3.8, 4) is 0 Å². The van der Waals surface area contributed by atoms with Crippen molar-refractivity contribution in [2.24, 2.45) is 0 Å². The molecule has 1 aromatic carbocycles. The van der Waals surface area contributed by atoms with Crippen molar-refractivity contribution < 1.29 is 4.42 Å². The Morgan fingerprint density at radius 3 is 3.00 bits per heavy atom. The second-order valence-electron chi connectivity index (χ2n) is 6.32. The molecule has 0 radical (unpaired) electrons. The Morgan fingerprint density at radius 1 is 1.29 bits per heavy atom. The van der Waals surface area contributed by atoms with Crippen LogP contribution < -0.4 is 11.1 Å². The summed E-state index contributed by atoms with van der Waals surface area (Å²) in [5.74, 6) is 1.37. The van der Waals surface area contributed by atoms with Crippen molar-refractivity contribution in [2.75, 3.05) is 11.1 Å². The fraction of sp³-hybridized carbons (Fsp3) is 0.235. The molecule has 3 aromatic heterocycles. The predicted octanol–water partition coefficient (Wildman–Crippen LogP) is 3.61. The van der Waals surface area contributed by atoms with Gasteiger partial charge in [-0.2, -0.15) is 10.1 Å². The molecule has 1 saturated carbocycles. The van der Waals surface area contributed by atoms with Crippen LogP contribution in [0.4, 0.5) is 17.5 Å². The summed E-state index contributed by atoms with van der Waals surface area (Å²) in [5, 5.41) is 11.4. The van der Waals surface area contributed by atoms with Crippen LogP contribution in [-0.2, 0) is 0 Å². The zero-order valence-electron chi connectivity index (χ0n) is 13.1. The van der Waals surface area contributed by atoms with Crippen LogP contribution in [0.2, 0.25) is 0 Å². The van der Waals surface area contributed by atoms with E-state index in [1.165, 1.54) is 12.8 Å². The molecule has 3 heterocycles. The van der Waals surface area contributed by atoms with Crippen molar-refractivity contribution in [1.82, 2.24) is 20.2 Å². The number of hydrogen-bond acceptors (Lipinski definition) is 6. The third-order valence-electron chi connectivity index (χ3n) is 4.51. The molecule has 1 aliphatic carbocycles. The molecule has 4 N–H and O–H groups in total. The average molecular weight is 320 g/mol. The molecular formula is C17H16N6O. The van der Waals surface area contributed by atoms with Gasteiger partial charge in [-0.1, -0.05) is 0 Å². The molecular weight excluding hydrogens is 304 g/mol. The Hall–Kier alpha value is -3.09. The number of aryl methyl sites for hydroxylation is 1. The Bertz CT molecular complexity index is 1080. The molecule has 4 aromatic rings. The van der Waals surface area contributed by atoms with E-state index in [4.69, 9.17) is 10.2 Å². The van der Waals surface area contributed by atoms with E-state index in [1.807, 2.05) is 25.3 Å². The molecule has 1 fully saturated rings. The van der Waals surface area contributed by atoms with Crippen molar-refractivity contribution in [3.05, 3.63) is 35.7 Å². The summed E-state index contributed by atoms with van der Waals surface area (Å²) in [6.45, 7) is 2.04. The minimum absolute atomic E-state index is 0.355. The second-order valence-corrected chi connectivity index (χ2v) is 6.32. The largest absolute Gasteiger partial charge is 0.458 e. The lowest BCUT2D eigenvalue weighted by Crippen LogP contribution is -2.01. The van der Waals surface area contributed by atoms with E-state index in [0.717, 1.165) is 33.2 Å². The standard InChI is InChI=1S/C17H16N6O/c1-8-4-10(5-13-11(8)6-19-23-13)20-17-21-14-12(9-2-3-9)7-24-15(14)16(18)22-17/h4-7,9H,2-3H2,1H3,(H,19,23)(H3,18,20,21,22). The molecule has 0 unspecified atom stereocenters. The fourth-order valence-electron chi connectivity index (χ4n) is 3.13. The van der Waals surface area contributed by atoms with Gasteiger partial charge in [0.2, 0.25) is 5.95 Å². The summed E-state index contributed by atoms with van der Waals surface area (Å²) < 4.78 is 5.56. The number of rotatable bonds is 3. The highest BCUT2D eigenvalue weighted by molar-refractivity contribution is 5.88. The number of aromatic nitrogens is 4. The van der Waals surface area contributed by atoms with Gasteiger partial charge in [-0.15, -0.1) is 0 Å². The second kappa shape index (κ2) is 4.70. The van der Waals surface area contributed by atoms with Crippen LogP contribution in [0, 0.1) is 6.92 Å². The van der Waals surface area contributed by atoms with Crippen LogP contribution in [0.1, 0.15) is 29.9 Å². The summed E-state index contributed by atoms with van der Waals surface area (Å²) in [7, 11) is 0. The van der Waals surface area contributed by atoms with Crippen LogP contribution in [0.15, 0.2) is 29.0 Å². The molecule has 1 aliphatic rings. The Morgan fingerprint density at radius 2 is 2.17 bits per heavy atom. The number of nitrogens with two attached hydrogens (primary N) is 1. The first-order chi connectivity index (χ1) is 11.7. The van der Waals surface area contributed by atoms with E-state index in [1.54, 1.807) is 6.26 Å². The normalized spacial score (nSPS) is 14.5. The summed E-state index contributed by atoms with van der Waals surface area (Å²) in [5.41, 5.74) is 11.5. The Balaban J connectivity index is 1.59. The number of H-pyrrole nitrogens is 1. The Kier molecular flexibility index (Phi) is 2.62. The van der Waals surface area contributed by atoms with E-state index in [2.05, 4.69) is 25.5 Å².